The number of rotatable bonds is 24. The lowest BCUT2D eigenvalue weighted by Crippen LogP contribution is -2.47. The van der Waals surface area contributed by atoms with E-state index in [1.807, 2.05) is 65.3 Å². The number of primary amides is 2. The van der Waals surface area contributed by atoms with Crippen molar-refractivity contribution < 1.29 is 52.6 Å². The van der Waals surface area contributed by atoms with Gasteiger partial charge < -0.3 is 51.9 Å². The van der Waals surface area contributed by atoms with E-state index in [-0.39, 0.29) is 73.2 Å². The minimum Gasteiger partial charge on any atom is -0.445 e. The molecule has 0 radical (unpaired) electrons. The molecule has 354 valence electrons. The summed E-state index contributed by atoms with van der Waals surface area (Å²) < 4.78 is 10.2. The Hall–Kier alpha value is -5.08. The summed E-state index contributed by atoms with van der Waals surface area (Å²) >= 11 is 1.40. The lowest BCUT2D eigenvalue weighted by molar-refractivity contribution is -0.139. The predicted octanol–water partition coefficient (Wildman–Crippen LogP) is 2.47. The zero-order valence-corrected chi connectivity index (χ0v) is 39.1. The zero-order valence-electron chi connectivity index (χ0n) is 38.3. The molecule has 2 unspecified atom stereocenters. The molecule has 1 aromatic carbocycles. The van der Waals surface area contributed by atoms with Gasteiger partial charge in [-0.25, -0.2) is 4.79 Å². The molecule has 2 atom stereocenters. The number of benzene rings is 1. The van der Waals surface area contributed by atoms with Crippen molar-refractivity contribution in [3.05, 3.63) is 29.8 Å². The van der Waals surface area contributed by atoms with E-state index < -0.39 is 18.0 Å². The Balaban J connectivity index is -0.000000893. The largest absolute Gasteiger partial charge is 0.445 e. The normalized spacial score (nSPS) is 12.9. The number of amides is 7. The second-order valence-corrected chi connectivity index (χ2v) is 14.9. The summed E-state index contributed by atoms with van der Waals surface area (Å²) in [5.41, 5.74) is 16.4. The topological polar surface area (TPSA) is 284 Å². The van der Waals surface area contributed by atoms with Gasteiger partial charge in [0, 0.05) is 65.7 Å². The van der Waals surface area contributed by atoms with Crippen molar-refractivity contribution in [1.29, 1.82) is 0 Å². The van der Waals surface area contributed by atoms with Gasteiger partial charge in [0.1, 0.15) is 32.1 Å². The van der Waals surface area contributed by atoms with Crippen LogP contribution in [0.1, 0.15) is 91.5 Å². The Kier molecular flexibility index (Phi) is 38.3. The third kappa shape index (κ3) is 30.0. The average Bonchev–Trinajstić information content (AvgIpc) is 3.52. The molecule has 20 heteroatoms. The monoisotopic (exact) mass is 899 g/mol. The van der Waals surface area contributed by atoms with E-state index in [9.17, 15) is 38.4 Å². The number of nitrogens with zero attached hydrogens (tertiary/aromatic N) is 3. The molecule has 7 amide bonds. The summed E-state index contributed by atoms with van der Waals surface area (Å²) in [6, 6.07) is 6.92. The first kappa shape index (κ1) is 61.2. The molecule has 1 fully saturated rings. The lowest BCUT2D eigenvalue weighted by atomic mass is 10.0. The van der Waals surface area contributed by atoms with Gasteiger partial charge in [-0.15, -0.1) is 0 Å². The highest BCUT2D eigenvalue weighted by Crippen LogP contribution is 2.23. The lowest BCUT2D eigenvalue weighted by Gasteiger charge is -2.22. The van der Waals surface area contributed by atoms with Gasteiger partial charge >= 0.3 is 6.09 Å². The number of nitrogens with two attached hydrogens (primary N) is 3. The van der Waals surface area contributed by atoms with Crippen LogP contribution in [0.4, 0.5) is 10.5 Å². The number of hydrogen-bond donors (Lipinski definition) is 5. The third-order valence-electron chi connectivity index (χ3n) is 8.48. The van der Waals surface area contributed by atoms with Crippen LogP contribution in [0.3, 0.4) is 0 Å². The first-order valence-electron chi connectivity index (χ1n) is 20.6. The second-order valence-electron chi connectivity index (χ2n) is 13.8. The number of aldehydes is 1. The van der Waals surface area contributed by atoms with Crippen LogP contribution in [0.15, 0.2) is 24.3 Å². The molecule has 0 spiro atoms. The predicted molar refractivity (Wildman–Crippen MR) is 242 cm³/mol. The van der Waals surface area contributed by atoms with Gasteiger partial charge in [-0.05, 0) is 69.0 Å². The fraction of sp³-hybridized carbons (Fsp3) is 0.643. The molecule has 1 aliphatic rings. The van der Waals surface area contributed by atoms with Crippen LogP contribution < -0.4 is 27.8 Å². The van der Waals surface area contributed by atoms with Gasteiger partial charge in [-0.2, -0.15) is 11.8 Å². The molecule has 62 heavy (non-hydrogen) atoms. The number of nitrogens with one attached hydrogen (secondary N) is 2. The standard InChI is InChI=1S/C18H27N3O5.C16H27N3O4S.C5H11NO.C2H6.CH3NO/c1-14(22)11-25-13-17(23)20(3)9-10-21(4)18(24)26-12-15-5-7-16(19-2)8-6-15;1-10(2)14(15(17)22)18-12(20)7-5-4-6-8-19-13(21)9-11(24-3)16(19)23;6-4-2-1-3-5-7;1-2;2-1-3/h5-8,19H,9-13H2,1-4H3;10-11,14H,4-9H2,1-3H3,(H2,17,22)(H,18,20);5H,1-4,6H2;1-2H3;1H,(H2,2,3). The van der Waals surface area contributed by atoms with Gasteiger partial charge in [0.15, 0.2) is 5.78 Å². The van der Waals surface area contributed by atoms with Gasteiger partial charge in [0.05, 0.1) is 5.25 Å². The maximum Gasteiger partial charge on any atom is 0.409 e. The Morgan fingerprint density at radius 3 is 2.03 bits per heavy atom. The Bertz CT molecular complexity index is 1470. The molecule has 0 saturated carbocycles. The molecule has 1 heterocycles. The van der Waals surface area contributed by atoms with Crippen molar-refractivity contribution in [3.63, 3.8) is 0 Å². The zero-order chi connectivity index (χ0) is 48.0. The number of hydrogen-bond acceptors (Lipinski definition) is 14. The molecule has 0 aliphatic carbocycles. The number of anilines is 1. The quantitative estimate of drug-likeness (QED) is 0.0567. The number of ether oxygens (including phenoxy) is 2. The maximum absolute atomic E-state index is 12.0. The summed E-state index contributed by atoms with van der Waals surface area (Å²) in [5, 5.41) is 5.41. The molecule has 0 bridgehead atoms. The van der Waals surface area contributed by atoms with E-state index in [1.54, 1.807) is 14.1 Å². The number of ketones is 1. The highest BCUT2D eigenvalue weighted by atomic mass is 32.2. The van der Waals surface area contributed by atoms with Crippen molar-refractivity contribution in [2.24, 2.45) is 23.1 Å². The first-order chi connectivity index (χ1) is 29.4. The van der Waals surface area contributed by atoms with Crippen LogP contribution in [-0.4, -0.2) is 147 Å². The highest BCUT2D eigenvalue weighted by Gasteiger charge is 2.37. The molecular weight excluding hydrogens is 825 g/mol. The van der Waals surface area contributed by atoms with Crippen LogP contribution in [0.25, 0.3) is 0 Å². The molecule has 1 saturated heterocycles. The third-order valence-corrected chi connectivity index (χ3v) is 9.42. The molecule has 0 aromatic heterocycles. The number of carbonyl (C=O) groups excluding carboxylic acids is 9. The Morgan fingerprint density at radius 2 is 1.55 bits per heavy atom. The number of carbonyl (C=O) groups is 9. The van der Waals surface area contributed by atoms with Gasteiger partial charge in [-0.1, -0.05) is 46.2 Å². The van der Waals surface area contributed by atoms with Crippen LogP contribution in [-0.2, 0) is 54.4 Å². The van der Waals surface area contributed by atoms with Crippen molar-refractivity contribution in [3.8, 4) is 0 Å². The summed E-state index contributed by atoms with van der Waals surface area (Å²) in [7, 11) is 5.06. The second kappa shape index (κ2) is 38.8. The van der Waals surface area contributed by atoms with E-state index in [0.717, 1.165) is 36.8 Å². The highest BCUT2D eigenvalue weighted by molar-refractivity contribution is 8.00. The van der Waals surface area contributed by atoms with Crippen LogP contribution >= 0.6 is 11.8 Å². The molecule has 8 N–H and O–H groups in total. The van der Waals surface area contributed by atoms with Crippen LogP contribution in [0.5, 0.6) is 0 Å². The molecular formula is C42H74N8O11S. The minimum atomic E-state index is -0.652. The molecule has 2 rings (SSSR count). The van der Waals surface area contributed by atoms with E-state index in [0.29, 0.717) is 51.9 Å². The van der Waals surface area contributed by atoms with Crippen molar-refractivity contribution >= 4 is 71.6 Å². The Morgan fingerprint density at radius 1 is 0.952 bits per heavy atom. The number of likely N-dealkylation sites (tertiary alicyclic amines) is 1. The van der Waals surface area contributed by atoms with E-state index in [4.69, 9.17) is 25.7 Å². The summed E-state index contributed by atoms with van der Waals surface area (Å²) in [5.74, 6) is -1.40. The number of thioether (sulfide) groups is 1. The van der Waals surface area contributed by atoms with Gasteiger partial charge in [-0.3, -0.25) is 38.5 Å². The SMILES string of the molecule is CC.CNc1ccc(COC(=O)N(C)CCN(C)C(=O)COCC(C)=O)cc1.CSC1CC(=O)N(CCCCCC(=O)NC(C(N)=O)C(C)C)C1=O.NC=O.NCCCCC=O. The summed E-state index contributed by atoms with van der Waals surface area (Å²) in [4.78, 5) is 104. The average molecular weight is 899 g/mol. The van der Waals surface area contributed by atoms with Crippen molar-refractivity contribution in [1.82, 2.24) is 20.0 Å². The first-order valence-corrected chi connectivity index (χ1v) is 21.9. The van der Waals surface area contributed by atoms with Crippen molar-refractivity contribution in [2.75, 3.05) is 72.1 Å². The fourth-order valence-corrected chi connectivity index (χ4v) is 5.56. The minimum absolute atomic E-state index is 0.0528. The molecule has 19 nitrogen and oxygen atoms in total. The number of Topliss-reactive ketones (excluding diaryl/α,β-unsaturated/α-hetero) is 1. The van der Waals surface area contributed by atoms with E-state index in [1.165, 1.54) is 33.4 Å². The van der Waals surface area contributed by atoms with Gasteiger partial charge in [0.2, 0.25) is 35.9 Å². The fourth-order valence-electron chi connectivity index (χ4n) is 4.92. The van der Waals surface area contributed by atoms with Crippen molar-refractivity contribution in [2.45, 2.75) is 104 Å². The summed E-state index contributed by atoms with van der Waals surface area (Å²) in [6.07, 6.45) is 7.75. The smallest absolute Gasteiger partial charge is 0.409 e. The number of likely N-dealkylation sites (N-methyl/N-ethyl adjacent to an activating group) is 2. The molecule has 1 aromatic rings. The number of imide groups is 1. The van der Waals surface area contributed by atoms with E-state index in [2.05, 4.69) is 16.4 Å². The summed E-state index contributed by atoms with van der Waals surface area (Å²) in [6.45, 7) is 10.7. The van der Waals surface area contributed by atoms with Crippen LogP contribution in [0.2, 0.25) is 0 Å². The Labute approximate surface area is 372 Å². The maximum atomic E-state index is 12.0. The number of unbranched alkanes of at least 4 members (excludes halogenated alkanes) is 4. The van der Waals surface area contributed by atoms with Gasteiger partial charge in [0.25, 0.3) is 0 Å². The van der Waals surface area contributed by atoms with Crippen LogP contribution in [0, 0.1) is 5.92 Å². The van der Waals surface area contributed by atoms with E-state index >= 15 is 0 Å². The molecule has 1 aliphatic heterocycles.